The van der Waals surface area contributed by atoms with Gasteiger partial charge in [-0.05, 0) is 70.8 Å². The molecule has 1 aromatic heterocycles. The van der Waals surface area contributed by atoms with Crippen LogP contribution < -0.4 is 4.90 Å². The summed E-state index contributed by atoms with van der Waals surface area (Å²) in [6.45, 7) is 6.32. The smallest absolute Gasteiger partial charge is 0.186 e. The molecule has 0 saturated carbocycles. The number of aromatic nitrogens is 1. The highest BCUT2D eigenvalue weighted by Crippen LogP contribution is 2.52. The molecule has 33 heavy (non-hydrogen) atoms. The SMILES string of the molecule is CC(C)c1ccccc1-c1ccc2c(c1)C(O)CC21CCN(c2nc3cc(Cl)ccc3s2)C1. The first-order valence-electron chi connectivity index (χ1n) is 11.7. The van der Waals surface area contributed by atoms with Crippen molar-refractivity contribution in [1.29, 1.82) is 0 Å². The predicted octanol–water partition coefficient (Wildman–Crippen LogP) is 7.33. The zero-order chi connectivity index (χ0) is 22.7. The van der Waals surface area contributed by atoms with E-state index in [0.29, 0.717) is 5.92 Å². The van der Waals surface area contributed by atoms with E-state index in [1.54, 1.807) is 11.3 Å². The maximum atomic E-state index is 11.1. The predicted molar refractivity (Wildman–Crippen MR) is 139 cm³/mol. The van der Waals surface area contributed by atoms with E-state index in [4.69, 9.17) is 16.6 Å². The van der Waals surface area contributed by atoms with Crippen molar-refractivity contribution in [2.24, 2.45) is 0 Å². The first-order valence-corrected chi connectivity index (χ1v) is 12.9. The fourth-order valence-electron chi connectivity index (χ4n) is 5.79. The van der Waals surface area contributed by atoms with Crippen LogP contribution in [0.2, 0.25) is 5.02 Å². The van der Waals surface area contributed by atoms with Gasteiger partial charge in [0.25, 0.3) is 0 Å². The largest absolute Gasteiger partial charge is 0.388 e. The number of hydrogen-bond acceptors (Lipinski definition) is 4. The molecule has 1 spiro atoms. The van der Waals surface area contributed by atoms with Crippen molar-refractivity contribution < 1.29 is 5.11 Å². The Morgan fingerprint density at radius 1 is 1.12 bits per heavy atom. The molecule has 1 aliphatic carbocycles. The summed E-state index contributed by atoms with van der Waals surface area (Å²) in [6, 6.07) is 21.3. The first kappa shape index (κ1) is 21.2. The van der Waals surface area contributed by atoms with Crippen LogP contribution in [0, 0.1) is 0 Å². The summed E-state index contributed by atoms with van der Waals surface area (Å²) in [6.07, 6.45) is 1.40. The van der Waals surface area contributed by atoms with Crippen LogP contribution in [0.5, 0.6) is 0 Å². The molecule has 2 heterocycles. The van der Waals surface area contributed by atoms with Gasteiger partial charge in [-0.1, -0.05) is 73.2 Å². The van der Waals surface area contributed by atoms with Gasteiger partial charge < -0.3 is 10.0 Å². The minimum Gasteiger partial charge on any atom is -0.388 e. The maximum absolute atomic E-state index is 11.1. The van der Waals surface area contributed by atoms with E-state index < -0.39 is 6.10 Å². The van der Waals surface area contributed by atoms with Gasteiger partial charge in [0.05, 0.1) is 16.3 Å². The number of fused-ring (bicyclic) bond motifs is 3. The van der Waals surface area contributed by atoms with Gasteiger partial charge in [0.15, 0.2) is 5.13 Å². The molecule has 168 valence electrons. The van der Waals surface area contributed by atoms with Crippen LogP contribution in [0.1, 0.15) is 55.4 Å². The molecule has 1 aliphatic heterocycles. The Kier molecular flexibility index (Phi) is 5.02. The summed E-state index contributed by atoms with van der Waals surface area (Å²) in [5.74, 6) is 0.456. The molecule has 1 saturated heterocycles. The summed E-state index contributed by atoms with van der Waals surface area (Å²) >= 11 is 7.89. The standard InChI is InChI=1S/C28H27ClN2OS/c1-17(2)20-5-3-4-6-21(20)18-7-9-23-22(13-18)25(32)15-28(23)11-12-31(16-28)27-30-24-14-19(29)8-10-26(24)33-27/h3-10,13-14,17,25,32H,11-12,15-16H2,1-2H3. The lowest BCUT2D eigenvalue weighted by Gasteiger charge is -2.25. The van der Waals surface area contributed by atoms with Crippen LogP contribution >= 0.6 is 22.9 Å². The Balaban J connectivity index is 1.34. The second-order valence-corrected chi connectivity index (χ2v) is 11.3. The number of hydrogen-bond donors (Lipinski definition) is 1. The molecular weight excluding hydrogens is 448 g/mol. The lowest BCUT2D eigenvalue weighted by molar-refractivity contribution is 0.158. The fraction of sp³-hybridized carbons (Fsp3) is 0.321. The second kappa shape index (κ2) is 7.83. The molecule has 1 fully saturated rings. The number of aliphatic hydroxyl groups is 1. The van der Waals surface area contributed by atoms with Crippen molar-refractivity contribution in [2.75, 3.05) is 18.0 Å². The molecule has 6 rings (SSSR count). The topological polar surface area (TPSA) is 36.4 Å². The van der Waals surface area contributed by atoms with Gasteiger partial charge in [-0.15, -0.1) is 0 Å². The van der Waals surface area contributed by atoms with E-state index in [1.807, 2.05) is 12.1 Å². The lowest BCUT2D eigenvalue weighted by atomic mass is 9.80. The zero-order valence-electron chi connectivity index (χ0n) is 18.9. The van der Waals surface area contributed by atoms with Crippen molar-refractivity contribution in [3.63, 3.8) is 0 Å². The molecular formula is C28H27ClN2OS. The number of nitrogens with zero attached hydrogens (tertiary/aromatic N) is 2. The number of benzene rings is 3. The van der Waals surface area contributed by atoms with Gasteiger partial charge in [-0.2, -0.15) is 0 Å². The number of halogens is 1. The van der Waals surface area contributed by atoms with Crippen molar-refractivity contribution in [3.8, 4) is 11.1 Å². The number of anilines is 1. The Bertz CT molecular complexity index is 1360. The number of aliphatic hydroxyl groups excluding tert-OH is 1. The van der Waals surface area contributed by atoms with Crippen LogP contribution in [0.15, 0.2) is 60.7 Å². The Labute approximate surface area is 203 Å². The molecule has 0 bridgehead atoms. The average molecular weight is 475 g/mol. The summed E-state index contributed by atoms with van der Waals surface area (Å²) in [5, 5.41) is 12.9. The third-order valence-corrected chi connectivity index (χ3v) is 8.75. The van der Waals surface area contributed by atoms with Crippen LogP contribution in [-0.4, -0.2) is 23.2 Å². The Morgan fingerprint density at radius 3 is 2.82 bits per heavy atom. The molecule has 2 unspecified atom stereocenters. The van der Waals surface area contributed by atoms with Crippen LogP contribution in [0.25, 0.3) is 21.3 Å². The van der Waals surface area contributed by atoms with Gasteiger partial charge in [-0.3, -0.25) is 0 Å². The quantitative estimate of drug-likeness (QED) is 0.337. The monoisotopic (exact) mass is 474 g/mol. The van der Waals surface area contributed by atoms with E-state index >= 15 is 0 Å². The summed E-state index contributed by atoms with van der Waals surface area (Å²) in [7, 11) is 0. The zero-order valence-corrected chi connectivity index (χ0v) is 20.5. The van der Waals surface area contributed by atoms with E-state index in [9.17, 15) is 5.11 Å². The van der Waals surface area contributed by atoms with Crippen molar-refractivity contribution in [2.45, 2.75) is 44.1 Å². The Hall–Kier alpha value is -2.40. The molecule has 5 heteroatoms. The van der Waals surface area contributed by atoms with Gasteiger partial charge in [0.1, 0.15) is 0 Å². The molecule has 0 amide bonds. The minimum absolute atomic E-state index is 0.0135. The fourth-order valence-corrected chi connectivity index (χ4v) is 6.93. The number of thiazole rings is 1. The number of rotatable bonds is 3. The van der Waals surface area contributed by atoms with Gasteiger partial charge in [-0.25, -0.2) is 4.98 Å². The van der Waals surface area contributed by atoms with Crippen LogP contribution in [0.3, 0.4) is 0 Å². The van der Waals surface area contributed by atoms with E-state index in [0.717, 1.165) is 51.9 Å². The van der Waals surface area contributed by atoms with Crippen molar-refractivity contribution in [3.05, 3.63) is 82.4 Å². The Morgan fingerprint density at radius 2 is 1.97 bits per heavy atom. The minimum atomic E-state index is -0.416. The molecule has 3 nitrogen and oxygen atoms in total. The third-order valence-electron chi connectivity index (χ3n) is 7.42. The van der Waals surface area contributed by atoms with E-state index in [-0.39, 0.29) is 5.41 Å². The molecule has 2 aliphatic rings. The van der Waals surface area contributed by atoms with Crippen molar-refractivity contribution in [1.82, 2.24) is 4.98 Å². The summed E-state index contributed by atoms with van der Waals surface area (Å²) in [4.78, 5) is 7.25. The molecule has 2 atom stereocenters. The molecule has 0 radical (unpaired) electrons. The van der Waals surface area contributed by atoms with Crippen molar-refractivity contribution >= 4 is 38.3 Å². The van der Waals surface area contributed by atoms with Gasteiger partial charge >= 0.3 is 0 Å². The molecule has 3 aromatic carbocycles. The summed E-state index contributed by atoms with van der Waals surface area (Å²) in [5.41, 5.74) is 7.18. The maximum Gasteiger partial charge on any atom is 0.186 e. The van der Waals surface area contributed by atoms with Crippen LogP contribution in [0.4, 0.5) is 5.13 Å². The second-order valence-electron chi connectivity index (χ2n) is 9.82. The van der Waals surface area contributed by atoms with Crippen LogP contribution in [-0.2, 0) is 5.41 Å². The third kappa shape index (κ3) is 3.47. The molecule has 4 aromatic rings. The normalized spacial score (nSPS) is 22.1. The van der Waals surface area contributed by atoms with E-state index in [2.05, 4.69) is 67.3 Å². The van der Waals surface area contributed by atoms with Gasteiger partial charge in [0, 0.05) is 23.5 Å². The highest BCUT2D eigenvalue weighted by molar-refractivity contribution is 7.22. The summed E-state index contributed by atoms with van der Waals surface area (Å²) < 4.78 is 1.16. The molecule has 1 N–H and O–H groups in total. The van der Waals surface area contributed by atoms with E-state index in [1.165, 1.54) is 22.3 Å². The highest BCUT2D eigenvalue weighted by atomic mass is 35.5. The lowest BCUT2D eigenvalue weighted by Crippen LogP contribution is -2.29. The van der Waals surface area contributed by atoms with Gasteiger partial charge in [0.2, 0.25) is 0 Å². The highest BCUT2D eigenvalue weighted by Gasteiger charge is 2.48. The first-order chi connectivity index (χ1) is 15.9. The average Bonchev–Trinajstić information content (AvgIpc) is 3.49.